The molecule has 1 heterocycles. The van der Waals surface area contributed by atoms with Crippen molar-refractivity contribution in [1.29, 1.82) is 0 Å². The van der Waals surface area contributed by atoms with Crippen molar-refractivity contribution in [1.82, 2.24) is 4.90 Å². The van der Waals surface area contributed by atoms with Crippen molar-refractivity contribution in [2.45, 2.75) is 6.92 Å². The maximum absolute atomic E-state index is 12.8. The molecule has 35 heavy (non-hydrogen) atoms. The van der Waals surface area contributed by atoms with Crippen molar-refractivity contribution >= 4 is 74.1 Å². The number of imide groups is 1. The summed E-state index contributed by atoms with van der Waals surface area (Å²) in [6, 6.07) is 9.96. The van der Waals surface area contributed by atoms with Gasteiger partial charge < -0.3 is 19.5 Å². The molecule has 1 saturated heterocycles. The summed E-state index contributed by atoms with van der Waals surface area (Å²) < 4.78 is 16.4. The van der Waals surface area contributed by atoms with E-state index in [0.29, 0.717) is 29.6 Å². The van der Waals surface area contributed by atoms with Crippen LogP contribution in [0.4, 0.5) is 10.5 Å². The van der Waals surface area contributed by atoms with Crippen LogP contribution in [0.5, 0.6) is 11.5 Å². The Bertz CT molecular complexity index is 1190. The van der Waals surface area contributed by atoms with Crippen LogP contribution >= 0.6 is 39.3 Å². The molecule has 0 unspecified atom stereocenters. The molecule has 0 bridgehead atoms. The van der Waals surface area contributed by atoms with Gasteiger partial charge in [-0.3, -0.25) is 19.3 Å². The molecule has 0 aromatic heterocycles. The Hall–Kier alpha value is -3.02. The molecule has 2 aromatic rings. The van der Waals surface area contributed by atoms with Gasteiger partial charge in [-0.05, 0) is 66.7 Å². The summed E-state index contributed by atoms with van der Waals surface area (Å²) in [6.45, 7) is 1.26. The zero-order valence-electron chi connectivity index (χ0n) is 18.6. The molecular formula is C23H20BrClN2O7S. The lowest BCUT2D eigenvalue weighted by molar-refractivity contribution is -0.143. The van der Waals surface area contributed by atoms with E-state index in [9.17, 15) is 19.2 Å². The third-order valence-electron chi connectivity index (χ3n) is 4.49. The molecule has 1 N–H and O–H groups in total. The fourth-order valence-corrected chi connectivity index (χ4v) is 4.31. The smallest absolute Gasteiger partial charge is 0.343 e. The van der Waals surface area contributed by atoms with E-state index in [1.807, 2.05) is 0 Å². The first-order chi connectivity index (χ1) is 16.7. The molecule has 12 heteroatoms. The summed E-state index contributed by atoms with van der Waals surface area (Å²) in [4.78, 5) is 50.0. The highest BCUT2D eigenvalue weighted by Crippen LogP contribution is 2.39. The molecule has 0 spiro atoms. The molecule has 0 atom stereocenters. The summed E-state index contributed by atoms with van der Waals surface area (Å²) in [5.74, 6) is -1.31. The predicted octanol–water partition coefficient (Wildman–Crippen LogP) is 4.73. The maximum atomic E-state index is 12.8. The van der Waals surface area contributed by atoms with Crippen LogP contribution in [0, 0.1) is 0 Å². The summed E-state index contributed by atoms with van der Waals surface area (Å²) >= 11 is 10.3. The molecule has 0 saturated carbocycles. The van der Waals surface area contributed by atoms with Gasteiger partial charge in [0.05, 0.1) is 23.6 Å². The zero-order valence-corrected chi connectivity index (χ0v) is 21.8. The average Bonchev–Trinajstić information content (AvgIpc) is 3.07. The first kappa shape index (κ1) is 26.6. The number of anilines is 1. The van der Waals surface area contributed by atoms with Gasteiger partial charge in [-0.1, -0.05) is 27.5 Å². The van der Waals surface area contributed by atoms with Gasteiger partial charge >= 0.3 is 5.97 Å². The molecule has 3 amide bonds. The average molecular weight is 584 g/mol. The van der Waals surface area contributed by atoms with E-state index in [0.717, 1.165) is 9.37 Å². The second kappa shape index (κ2) is 12.1. The van der Waals surface area contributed by atoms with E-state index in [2.05, 4.69) is 26.0 Å². The second-order valence-electron chi connectivity index (χ2n) is 6.95. The summed E-state index contributed by atoms with van der Waals surface area (Å²) in [7, 11) is 1.23. The number of halogens is 2. The zero-order chi connectivity index (χ0) is 25.5. The lowest BCUT2D eigenvalue weighted by Gasteiger charge is -2.14. The summed E-state index contributed by atoms with van der Waals surface area (Å²) in [5, 5.41) is 2.22. The topological polar surface area (TPSA) is 111 Å². The molecule has 1 aliphatic rings. The monoisotopic (exact) mass is 582 g/mol. The van der Waals surface area contributed by atoms with Crippen LogP contribution in [-0.4, -0.2) is 54.8 Å². The number of nitrogens with zero attached hydrogens (tertiary/aromatic N) is 1. The Labute approximate surface area is 218 Å². The Morgan fingerprint density at radius 3 is 2.54 bits per heavy atom. The first-order valence-corrected chi connectivity index (χ1v) is 12.2. The van der Waals surface area contributed by atoms with Crippen molar-refractivity contribution < 1.29 is 33.4 Å². The number of amides is 3. The number of nitrogens with one attached hydrogen (secondary N) is 1. The van der Waals surface area contributed by atoms with Crippen LogP contribution in [0.3, 0.4) is 0 Å². The van der Waals surface area contributed by atoms with Gasteiger partial charge in [-0.15, -0.1) is 0 Å². The Morgan fingerprint density at radius 2 is 1.89 bits per heavy atom. The van der Waals surface area contributed by atoms with Crippen LogP contribution in [0.1, 0.15) is 12.5 Å². The molecule has 2 aromatic carbocycles. The number of esters is 1. The van der Waals surface area contributed by atoms with Crippen molar-refractivity contribution in [3.8, 4) is 11.5 Å². The fraction of sp³-hybridized carbons (Fsp3) is 0.217. The van der Waals surface area contributed by atoms with Crippen molar-refractivity contribution in [2.24, 2.45) is 0 Å². The van der Waals surface area contributed by atoms with Crippen LogP contribution < -0.4 is 14.8 Å². The normalized spacial score (nSPS) is 14.3. The number of methoxy groups -OCH3 is 1. The fourth-order valence-electron chi connectivity index (χ4n) is 2.93. The number of hydrogen-bond donors (Lipinski definition) is 1. The molecular weight excluding hydrogens is 564 g/mol. The lowest BCUT2D eigenvalue weighted by atomic mass is 10.1. The van der Waals surface area contributed by atoms with Gasteiger partial charge in [0.1, 0.15) is 6.54 Å². The third-order valence-corrected chi connectivity index (χ3v) is 6.21. The molecule has 1 fully saturated rings. The highest BCUT2D eigenvalue weighted by molar-refractivity contribution is 9.10. The van der Waals surface area contributed by atoms with Gasteiger partial charge in [-0.2, -0.15) is 0 Å². The number of benzene rings is 2. The van der Waals surface area contributed by atoms with Gasteiger partial charge in [0.15, 0.2) is 18.1 Å². The minimum atomic E-state index is -0.606. The molecule has 0 aliphatic carbocycles. The van der Waals surface area contributed by atoms with E-state index < -0.39 is 29.6 Å². The largest absolute Gasteiger partial charge is 0.490 e. The number of hydrogen-bond acceptors (Lipinski definition) is 8. The molecule has 184 valence electrons. The van der Waals surface area contributed by atoms with E-state index in [-0.39, 0.29) is 28.0 Å². The molecule has 0 radical (unpaired) electrons. The van der Waals surface area contributed by atoms with E-state index in [1.54, 1.807) is 37.3 Å². The number of ether oxygens (including phenoxy) is 3. The Balaban J connectivity index is 1.75. The molecule has 1 aliphatic heterocycles. The lowest BCUT2D eigenvalue weighted by Crippen LogP contribution is -2.36. The highest BCUT2D eigenvalue weighted by atomic mass is 79.9. The van der Waals surface area contributed by atoms with Crippen molar-refractivity contribution in [3.63, 3.8) is 0 Å². The van der Waals surface area contributed by atoms with E-state index >= 15 is 0 Å². The quantitative estimate of drug-likeness (QED) is 0.333. The number of rotatable bonds is 9. The van der Waals surface area contributed by atoms with E-state index in [1.165, 1.54) is 19.3 Å². The Morgan fingerprint density at radius 1 is 1.17 bits per heavy atom. The van der Waals surface area contributed by atoms with Crippen LogP contribution in [0.2, 0.25) is 5.02 Å². The second-order valence-corrected chi connectivity index (χ2v) is 9.27. The SMILES string of the molecule is CCOc1cc(/C=C2\SC(=O)N(CC(=O)Nc3ccc(Br)cc3)C2=O)cc(Cl)c1OCC(=O)OC. The van der Waals surface area contributed by atoms with Gasteiger partial charge in [-0.25, -0.2) is 4.79 Å². The minimum absolute atomic E-state index is 0.119. The number of carbonyl (C=O) groups is 4. The van der Waals surface area contributed by atoms with Crippen LogP contribution in [0.25, 0.3) is 6.08 Å². The maximum Gasteiger partial charge on any atom is 0.343 e. The number of carbonyl (C=O) groups excluding carboxylic acids is 4. The van der Waals surface area contributed by atoms with Gasteiger partial charge in [0.25, 0.3) is 11.1 Å². The van der Waals surface area contributed by atoms with Crippen LogP contribution in [0.15, 0.2) is 45.8 Å². The standard InChI is InChI=1S/C23H20BrClN2O7S/c1-3-33-17-9-13(8-16(25)21(17)34-12-20(29)32-2)10-18-22(30)27(23(31)35-18)11-19(28)26-15-6-4-14(24)5-7-15/h4-10H,3,11-12H2,1-2H3,(H,26,28)/b18-10-. The van der Waals surface area contributed by atoms with Crippen LogP contribution in [-0.2, 0) is 19.1 Å². The number of thioether (sulfide) groups is 1. The molecule has 3 rings (SSSR count). The third kappa shape index (κ3) is 7.00. The van der Waals surface area contributed by atoms with Gasteiger partial charge in [0.2, 0.25) is 5.91 Å². The van der Waals surface area contributed by atoms with Crippen molar-refractivity contribution in [2.75, 3.05) is 32.2 Å². The predicted molar refractivity (Wildman–Crippen MR) is 136 cm³/mol. The van der Waals surface area contributed by atoms with Gasteiger partial charge in [0, 0.05) is 10.2 Å². The first-order valence-electron chi connectivity index (χ1n) is 10.2. The molecule has 9 nitrogen and oxygen atoms in total. The minimum Gasteiger partial charge on any atom is -0.490 e. The Kier molecular flexibility index (Phi) is 9.19. The summed E-state index contributed by atoms with van der Waals surface area (Å²) in [5.41, 5.74) is 1.00. The van der Waals surface area contributed by atoms with E-state index in [4.69, 9.17) is 21.1 Å². The van der Waals surface area contributed by atoms with Crippen molar-refractivity contribution in [3.05, 3.63) is 56.4 Å². The highest BCUT2D eigenvalue weighted by Gasteiger charge is 2.36. The summed E-state index contributed by atoms with van der Waals surface area (Å²) in [6.07, 6.45) is 1.47.